The van der Waals surface area contributed by atoms with Crippen molar-refractivity contribution in [2.45, 2.75) is 26.7 Å². The van der Waals surface area contributed by atoms with E-state index in [9.17, 15) is 14.4 Å². The zero-order chi connectivity index (χ0) is 24.2. The average molecular weight is 434 g/mol. The van der Waals surface area contributed by atoms with Crippen LogP contribution in [0.4, 0.5) is 10.7 Å². The lowest BCUT2D eigenvalue weighted by molar-refractivity contribution is -0.134. The summed E-state index contributed by atoms with van der Waals surface area (Å²) >= 11 is 1.13. The Kier molecular flexibility index (Phi) is 5.85. The number of carbonyl (C=O) groups is 3. The molecule has 1 fully saturated rings. The van der Waals surface area contributed by atoms with Crippen LogP contribution in [0, 0.1) is 6.85 Å². The lowest BCUT2D eigenvalue weighted by atomic mass is 10.2. The Labute approximate surface area is 183 Å². The van der Waals surface area contributed by atoms with Gasteiger partial charge in [0.2, 0.25) is 5.78 Å². The van der Waals surface area contributed by atoms with Crippen LogP contribution >= 0.6 is 11.5 Å². The van der Waals surface area contributed by atoms with E-state index >= 15 is 0 Å². The van der Waals surface area contributed by atoms with Gasteiger partial charge in [-0.25, -0.2) is 4.98 Å². The van der Waals surface area contributed by atoms with Crippen molar-refractivity contribution in [3.8, 4) is 0 Å². The first-order valence-corrected chi connectivity index (χ1v) is 10.4. The number of rotatable bonds is 7. The largest absolute Gasteiger partial charge is 0.368 e. The van der Waals surface area contributed by atoms with E-state index in [-0.39, 0.29) is 17.8 Å². The standard InChI is InChI=1S/C20H26N6O3S/c1-4-17(27)20(29)23-18-11-14(24-30-18)12-25-7-9-26(10-8-25)16-6-5-15(19(28)21-3)22-13(16)2/h5-6,11H,4,7-10,12H2,1-3H3,(H,21,28)(H,23,29)/i2D3. The second kappa shape index (κ2) is 9.77. The molecule has 0 saturated carbocycles. The first kappa shape index (κ1) is 18.0. The summed E-state index contributed by atoms with van der Waals surface area (Å²) in [6, 6.07) is 4.93. The second-order valence-electron chi connectivity index (χ2n) is 6.82. The van der Waals surface area contributed by atoms with Gasteiger partial charge in [0.25, 0.3) is 11.8 Å². The summed E-state index contributed by atoms with van der Waals surface area (Å²) in [7, 11) is 1.47. The Morgan fingerprint density at radius 1 is 1.23 bits per heavy atom. The van der Waals surface area contributed by atoms with E-state index in [1.54, 1.807) is 19.1 Å². The molecule has 3 rings (SSSR count). The first-order chi connectivity index (χ1) is 15.6. The number of nitrogens with one attached hydrogen (secondary N) is 2. The number of aromatic nitrogens is 2. The SMILES string of the molecule is [2H]C([2H])([2H])c1nc(C(=O)NC)ccc1N1CCN(Cc2cc(NC(=O)C(=O)CC)sn2)CC1. The predicted octanol–water partition coefficient (Wildman–Crippen LogP) is 1.45. The molecule has 2 amide bonds. The Morgan fingerprint density at radius 2 is 2.00 bits per heavy atom. The zero-order valence-electron chi connectivity index (χ0n) is 19.9. The van der Waals surface area contributed by atoms with Crippen molar-refractivity contribution in [3.05, 3.63) is 35.3 Å². The van der Waals surface area contributed by atoms with Gasteiger partial charge in [0.05, 0.1) is 17.1 Å². The Morgan fingerprint density at radius 3 is 2.67 bits per heavy atom. The molecule has 160 valence electrons. The van der Waals surface area contributed by atoms with Gasteiger partial charge in [-0.1, -0.05) is 6.92 Å². The molecule has 10 heteroatoms. The highest BCUT2D eigenvalue weighted by Crippen LogP contribution is 2.22. The topological polar surface area (TPSA) is 108 Å². The van der Waals surface area contributed by atoms with Crippen LogP contribution in [0.5, 0.6) is 0 Å². The third-order valence-corrected chi connectivity index (χ3v) is 5.54. The number of Topliss-reactive ketones (excluding diaryl/α,β-unsaturated/α-hetero) is 1. The fourth-order valence-electron chi connectivity index (χ4n) is 3.12. The summed E-state index contributed by atoms with van der Waals surface area (Å²) in [4.78, 5) is 43.3. The molecular formula is C20H26N6O3S. The molecular weight excluding hydrogens is 404 g/mol. The van der Waals surface area contributed by atoms with Gasteiger partial charge in [-0.3, -0.25) is 19.3 Å². The molecule has 2 aromatic rings. The summed E-state index contributed by atoms with van der Waals surface area (Å²) in [5.41, 5.74) is 1.27. The minimum absolute atomic E-state index is 0.0677. The van der Waals surface area contributed by atoms with Crippen molar-refractivity contribution in [1.82, 2.24) is 19.6 Å². The van der Waals surface area contributed by atoms with Crippen LogP contribution in [-0.2, 0) is 16.1 Å². The number of pyridine rings is 1. The van der Waals surface area contributed by atoms with Crippen molar-refractivity contribution in [2.24, 2.45) is 0 Å². The highest BCUT2D eigenvalue weighted by Gasteiger charge is 2.21. The molecule has 30 heavy (non-hydrogen) atoms. The van der Waals surface area contributed by atoms with Gasteiger partial charge in [0.1, 0.15) is 10.7 Å². The predicted molar refractivity (Wildman–Crippen MR) is 116 cm³/mol. The third kappa shape index (κ3) is 5.19. The molecule has 1 saturated heterocycles. The maximum atomic E-state index is 11.9. The van der Waals surface area contributed by atoms with Crippen LogP contribution in [-0.4, -0.2) is 65.1 Å². The highest BCUT2D eigenvalue weighted by atomic mass is 32.1. The second-order valence-corrected chi connectivity index (χ2v) is 7.62. The molecule has 0 bridgehead atoms. The van der Waals surface area contributed by atoms with Crippen LogP contribution in [0.3, 0.4) is 0 Å². The molecule has 0 spiro atoms. The molecule has 0 radical (unpaired) electrons. The number of amides is 2. The molecule has 2 aromatic heterocycles. The highest BCUT2D eigenvalue weighted by molar-refractivity contribution is 7.10. The maximum Gasteiger partial charge on any atom is 0.292 e. The molecule has 3 heterocycles. The van der Waals surface area contributed by atoms with Crippen molar-refractivity contribution in [2.75, 3.05) is 43.4 Å². The maximum absolute atomic E-state index is 11.9. The fraction of sp³-hybridized carbons (Fsp3) is 0.450. The van der Waals surface area contributed by atoms with Crippen LogP contribution in [0.15, 0.2) is 18.2 Å². The molecule has 9 nitrogen and oxygen atoms in total. The number of aryl methyl sites for hydroxylation is 1. The molecule has 1 aliphatic heterocycles. The Balaban J connectivity index is 1.63. The molecule has 0 aliphatic carbocycles. The van der Waals surface area contributed by atoms with E-state index in [0.29, 0.717) is 43.4 Å². The summed E-state index contributed by atoms with van der Waals surface area (Å²) in [5.74, 6) is -1.55. The van der Waals surface area contributed by atoms with Gasteiger partial charge in [-0.05, 0) is 36.6 Å². The minimum atomic E-state index is -2.45. The number of hydrogen-bond donors (Lipinski definition) is 2. The van der Waals surface area contributed by atoms with Crippen LogP contribution < -0.4 is 15.5 Å². The van der Waals surface area contributed by atoms with Crippen molar-refractivity contribution >= 4 is 39.8 Å². The van der Waals surface area contributed by atoms with Gasteiger partial charge >= 0.3 is 0 Å². The van der Waals surface area contributed by atoms with Gasteiger partial charge in [-0.15, -0.1) is 0 Å². The molecule has 1 aliphatic rings. The monoisotopic (exact) mass is 433 g/mol. The average Bonchev–Trinajstić information content (AvgIpc) is 3.24. The smallest absolute Gasteiger partial charge is 0.292 e. The van der Waals surface area contributed by atoms with Gasteiger partial charge < -0.3 is 15.5 Å². The molecule has 0 aromatic carbocycles. The van der Waals surface area contributed by atoms with Gasteiger partial charge in [0.15, 0.2) is 0 Å². The summed E-state index contributed by atoms with van der Waals surface area (Å²) in [6.45, 7) is 2.27. The fourth-order valence-corrected chi connectivity index (χ4v) is 3.78. The Bertz CT molecular complexity index is 1030. The number of ketones is 1. The van der Waals surface area contributed by atoms with Crippen LogP contribution in [0.25, 0.3) is 0 Å². The van der Waals surface area contributed by atoms with E-state index < -0.39 is 24.4 Å². The first-order valence-electron chi connectivity index (χ1n) is 11.1. The lowest BCUT2D eigenvalue weighted by Gasteiger charge is -2.36. The van der Waals surface area contributed by atoms with Crippen molar-refractivity contribution < 1.29 is 18.5 Å². The van der Waals surface area contributed by atoms with E-state index in [1.807, 2.05) is 4.90 Å². The van der Waals surface area contributed by atoms with Crippen molar-refractivity contribution in [3.63, 3.8) is 0 Å². The molecule has 2 N–H and O–H groups in total. The molecule has 0 unspecified atom stereocenters. The van der Waals surface area contributed by atoms with Gasteiger partial charge in [-0.2, -0.15) is 4.37 Å². The summed E-state index contributed by atoms with van der Waals surface area (Å²) in [6.07, 6.45) is 0.148. The van der Waals surface area contributed by atoms with Crippen molar-refractivity contribution in [1.29, 1.82) is 0 Å². The third-order valence-electron chi connectivity index (χ3n) is 4.80. The number of hydrogen-bond acceptors (Lipinski definition) is 8. The van der Waals surface area contributed by atoms with E-state index in [2.05, 4.69) is 24.9 Å². The van der Waals surface area contributed by atoms with Crippen LogP contribution in [0.2, 0.25) is 0 Å². The number of anilines is 2. The normalized spacial score (nSPS) is 16.3. The number of carbonyl (C=O) groups excluding carboxylic acids is 3. The minimum Gasteiger partial charge on any atom is -0.368 e. The van der Waals surface area contributed by atoms with Crippen LogP contribution in [0.1, 0.15) is 39.3 Å². The van der Waals surface area contributed by atoms with E-state index in [0.717, 1.165) is 17.2 Å². The lowest BCUT2D eigenvalue weighted by Crippen LogP contribution is -2.46. The van der Waals surface area contributed by atoms with Gasteiger partial charge in [0, 0.05) is 50.3 Å². The number of piperazine rings is 1. The van der Waals surface area contributed by atoms with E-state index in [4.69, 9.17) is 4.11 Å². The zero-order valence-corrected chi connectivity index (χ0v) is 17.7. The quantitative estimate of drug-likeness (QED) is 0.636. The van der Waals surface area contributed by atoms with E-state index in [1.165, 1.54) is 13.1 Å². The summed E-state index contributed by atoms with van der Waals surface area (Å²) < 4.78 is 27.9. The number of nitrogens with zero attached hydrogens (tertiary/aromatic N) is 4. The molecule has 0 atom stereocenters. The Hall–Kier alpha value is -2.85. The summed E-state index contributed by atoms with van der Waals surface area (Å²) in [5, 5.41) is 5.55.